The van der Waals surface area contributed by atoms with Crippen LogP contribution in [0.1, 0.15) is 34.7 Å². The second-order valence-electron chi connectivity index (χ2n) is 5.37. The monoisotopic (exact) mass is 282 g/mol. The summed E-state index contributed by atoms with van der Waals surface area (Å²) in [5.41, 5.74) is 2.21. The number of aromatic nitrogens is 2. The van der Waals surface area contributed by atoms with Crippen LogP contribution in [0, 0.1) is 13.8 Å². The fourth-order valence-corrected chi connectivity index (χ4v) is 2.09. The molecule has 21 heavy (non-hydrogen) atoms. The zero-order chi connectivity index (χ0) is 14.8. The Kier molecular flexibility index (Phi) is 3.56. The van der Waals surface area contributed by atoms with Crippen molar-refractivity contribution < 1.29 is 4.79 Å². The highest BCUT2D eigenvalue weighted by molar-refractivity contribution is 6.03. The van der Waals surface area contributed by atoms with Crippen molar-refractivity contribution in [1.29, 1.82) is 0 Å². The first-order valence-corrected chi connectivity index (χ1v) is 7.11. The first-order valence-electron chi connectivity index (χ1n) is 7.11. The van der Waals surface area contributed by atoms with E-state index in [9.17, 15) is 4.79 Å². The first kappa shape index (κ1) is 13.5. The van der Waals surface area contributed by atoms with Gasteiger partial charge in [0.05, 0.1) is 0 Å². The molecular weight excluding hydrogens is 264 g/mol. The molecule has 2 aromatic rings. The van der Waals surface area contributed by atoms with Gasteiger partial charge in [-0.2, -0.15) is 0 Å². The van der Waals surface area contributed by atoms with Gasteiger partial charge in [-0.05, 0) is 38.3 Å². The highest BCUT2D eigenvalue weighted by Crippen LogP contribution is 2.24. The molecule has 0 unspecified atom stereocenters. The third-order valence-electron chi connectivity index (χ3n) is 3.39. The van der Waals surface area contributed by atoms with Gasteiger partial charge in [-0.25, -0.2) is 9.97 Å². The summed E-state index contributed by atoms with van der Waals surface area (Å²) in [5.74, 6) is 1.10. The van der Waals surface area contributed by atoms with Crippen LogP contribution in [0.2, 0.25) is 0 Å². The van der Waals surface area contributed by atoms with Gasteiger partial charge in [-0.15, -0.1) is 0 Å². The third-order valence-corrected chi connectivity index (χ3v) is 3.39. The summed E-state index contributed by atoms with van der Waals surface area (Å²) in [6, 6.07) is 9.88. The van der Waals surface area contributed by atoms with Crippen LogP contribution in [0.25, 0.3) is 0 Å². The Morgan fingerprint density at radius 3 is 2.67 bits per heavy atom. The lowest BCUT2D eigenvalue weighted by molar-refractivity contribution is 0.102. The predicted octanol–water partition coefficient (Wildman–Crippen LogP) is 2.92. The van der Waals surface area contributed by atoms with Crippen LogP contribution in [-0.2, 0) is 0 Å². The van der Waals surface area contributed by atoms with E-state index in [-0.39, 0.29) is 5.91 Å². The summed E-state index contributed by atoms with van der Waals surface area (Å²) >= 11 is 0. The number of aryl methyl sites for hydroxylation is 2. The summed E-state index contributed by atoms with van der Waals surface area (Å²) in [6.07, 6.45) is 2.32. The van der Waals surface area contributed by atoms with Crippen molar-refractivity contribution >= 4 is 17.4 Å². The predicted molar refractivity (Wildman–Crippen MR) is 82.5 cm³/mol. The molecule has 2 N–H and O–H groups in total. The molecule has 1 aromatic heterocycles. The molecule has 0 bridgehead atoms. The molecule has 0 aliphatic heterocycles. The highest BCUT2D eigenvalue weighted by Gasteiger charge is 2.22. The molecule has 1 aromatic carbocycles. The molecule has 1 fully saturated rings. The second kappa shape index (κ2) is 5.52. The van der Waals surface area contributed by atoms with Crippen molar-refractivity contribution in [2.24, 2.45) is 0 Å². The number of hydrogen-bond donors (Lipinski definition) is 2. The standard InChI is InChI=1S/C16H18N4O/c1-10-5-3-4-6-13(10)20-16(21)14-9-15(18-11(2)17-14)19-12-7-8-12/h3-6,9,12H,7-8H2,1-2H3,(H,20,21)(H,17,18,19). The smallest absolute Gasteiger partial charge is 0.274 e. The van der Waals surface area contributed by atoms with Crippen molar-refractivity contribution in [3.63, 3.8) is 0 Å². The number of nitrogens with one attached hydrogen (secondary N) is 2. The van der Waals surface area contributed by atoms with E-state index in [1.807, 2.05) is 31.2 Å². The summed E-state index contributed by atoms with van der Waals surface area (Å²) in [6.45, 7) is 3.75. The topological polar surface area (TPSA) is 66.9 Å². The van der Waals surface area contributed by atoms with Crippen LogP contribution >= 0.6 is 0 Å². The number of anilines is 2. The van der Waals surface area contributed by atoms with Crippen LogP contribution in [0.15, 0.2) is 30.3 Å². The Labute approximate surface area is 123 Å². The number of amides is 1. The summed E-state index contributed by atoms with van der Waals surface area (Å²) < 4.78 is 0. The number of carbonyl (C=O) groups excluding carboxylic acids is 1. The summed E-state index contributed by atoms with van der Waals surface area (Å²) in [7, 11) is 0. The van der Waals surface area contributed by atoms with Gasteiger partial charge < -0.3 is 10.6 Å². The van der Waals surface area contributed by atoms with Crippen LogP contribution in [0.4, 0.5) is 11.5 Å². The fraction of sp³-hybridized carbons (Fsp3) is 0.312. The van der Waals surface area contributed by atoms with E-state index in [2.05, 4.69) is 20.6 Å². The van der Waals surface area contributed by atoms with Crippen LogP contribution in [0.5, 0.6) is 0 Å². The molecule has 3 rings (SSSR count). The minimum Gasteiger partial charge on any atom is -0.367 e. The molecule has 1 aliphatic carbocycles. The maximum Gasteiger partial charge on any atom is 0.274 e. The van der Waals surface area contributed by atoms with Gasteiger partial charge >= 0.3 is 0 Å². The average molecular weight is 282 g/mol. The third kappa shape index (κ3) is 3.37. The van der Waals surface area contributed by atoms with Crippen molar-refractivity contribution in [2.75, 3.05) is 10.6 Å². The molecule has 5 heteroatoms. The van der Waals surface area contributed by atoms with Crippen molar-refractivity contribution in [3.8, 4) is 0 Å². The molecule has 1 heterocycles. The minimum absolute atomic E-state index is 0.214. The van der Waals surface area contributed by atoms with E-state index >= 15 is 0 Å². The Balaban J connectivity index is 1.80. The molecule has 1 amide bonds. The van der Waals surface area contributed by atoms with Crippen LogP contribution in [-0.4, -0.2) is 21.9 Å². The lowest BCUT2D eigenvalue weighted by Gasteiger charge is -2.10. The minimum atomic E-state index is -0.214. The maximum atomic E-state index is 12.3. The number of rotatable bonds is 4. The van der Waals surface area contributed by atoms with E-state index in [4.69, 9.17) is 0 Å². The van der Waals surface area contributed by atoms with Gasteiger partial charge in [0.15, 0.2) is 0 Å². The van der Waals surface area contributed by atoms with E-state index in [0.29, 0.717) is 17.6 Å². The van der Waals surface area contributed by atoms with Crippen molar-refractivity contribution in [1.82, 2.24) is 9.97 Å². The Morgan fingerprint density at radius 1 is 1.19 bits per heavy atom. The highest BCUT2D eigenvalue weighted by atomic mass is 16.1. The van der Waals surface area contributed by atoms with E-state index in [1.165, 1.54) is 0 Å². The lowest BCUT2D eigenvalue weighted by atomic mass is 10.2. The quantitative estimate of drug-likeness (QED) is 0.904. The normalized spacial score (nSPS) is 13.8. The molecule has 0 saturated heterocycles. The summed E-state index contributed by atoms with van der Waals surface area (Å²) in [5, 5.41) is 6.19. The zero-order valence-electron chi connectivity index (χ0n) is 12.2. The van der Waals surface area contributed by atoms with E-state index in [1.54, 1.807) is 13.0 Å². The molecular formula is C16H18N4O. The average Bonchev–Trinajstić information content (AvgIpc) is 3.24. The van der Waals surface area contributed by atoms with Crippen molar-refractivity contribution in [3.05, 3.63) is 47.4 Å². The first-order chi connectivity index (χ1) is 10.1. The number of para-hydroxylation sites is 1. The molecule has 0 spiro atoms. The molecule has 0 radical (unpaired) electrons. The number of nitrogens with zero attached hydrogens (tertiary/aromatic N) is 2. The SMILES string of the molecule is Cc1nc(NC2CC2)cc(C(=O)Nc2ccccc2C)n1. The molecule has 1 saturated carbocycles. The number of hydrogen-bond acceptors (Lipinski definition) is 4. The molecule has 5 nitrogen and oxygen atoms in total. The fourth-order valence-electron chi connectivity index (χ4n) is 2.09. The van der Waals surface area contributed by atoms with Crippen LogP contribution in [0.3, 0.4) is 0 Å². The van der Waals surface area contributed by atoms with Crippen molar-refractivity contribution in [2.45, 2.75) is 32.7 Å². The Bertz CT molecular complexity index is 680. The van der Waals surface area contributed by atoms with E-state index < -0.39 is 0 Å². The Hall–Kier alpha value is -2.43. The molecule has 108 valence electrons. The van der Waals surface area contributed by atoms with Gasteiger partial charge in [0.2, 0.25) is 0 Å². The lowest BCUT2D eigenvalue weighted by Crippen LogP contribution is -2.16. The number of benzene rings is 1. The van der Waals surface area contributed by atoms with Gasteiger partial charge in [0, 0.05) is 17.8 Å². The number of carbonyl (C=O) groups is 1. The van der Waals surface area contributed by atoms with Gasteiger partial charge in [0.25, 0.3) is 5.91 Å². The van der Waals surface area contributed by atoms with E-state index in [0.717, 1.165) is 29.9 Å². The van der Waals surface area contributed by atoms with Gasteiger partial charge in [0.1, 0.15) is 17.3 Å². The summed E-state index contributed by atoms with van der Waals surface area (Å²) in [4.78, 5) is 20.9. The van der Waals surface area contributed by atoms with Crippen LogP contribution < -0.4 is 10.6 Å². The maximum absolute atomic E-state index is 12.3. The Morgan fingerprint density at radius 2 is 1.95 bits per heavy atom. The zero-order valence-corrected chi connectivity index (χ0v) is 12.2. The molecule has 1 aliphatic rings. The second-order valence-corrected chi connectivity index (χ2v) is 5.37. The van der Waals surface area contributed by atoms with Gasteiger partial charge in [-0.3, -0.25) is 4.79 Å². The molecule has 0 atom stereocenters. The largest absolute Gasteiger partial charge is 0.367 e. The van der Waals surface area contributed by atoms with Gasteiger partial charge in [-0.1, -0.05) is 18.2 Å².